The second-order valence-corrected chi connectivity index (χ2v) is 5.01. The lowest BCUT2D eigenvalue weighted by Gasteiger charge is -2.23. The van der Waals surface area contributed by atoms with Gasteiger partial charge in [-0.25, -0.2) is 0 Å². The van der Waals surface area contributed by atoms with Gasteiger partial charge in [-0.15, -0.1) is 25.6 Å². The van der Waals surface area contributed by atoms with Crippen LogP contribution in [0.3, 0.4) is 0 Å². The number of hydrogen-bond acceptors (Lipinski definition) is 3. The van der Waals surface area contributed by atoms with Gasteiger partial charge in [-0.3, -0.25) is 4.79 Å². The summed E-state index contributed by atoms with van der Waals surface area (Å²) in [4.78, 5) is 11.9. The van der Waals surface area contributed by atoms with E-state index in [0.717, 1.165) is 6.42 Å². The molecule has 4 nitrogen and oxygen atoms in total. The normalized spacial score (nSPS) is 13.7. The molecule has 1 amide bonds. The van der Waals surface area contributed by atoms with E-state index in [1.54, 1.807) is 13.0 Å². The van der Waals surface area contributed by atoms with Crippen molar-refractivity contribution in [2.24, 2.45) is 5.73 Å². The van der Waals surface area contributed by atoms with Gasteiger partial charge in [0.15, 0.2) is 0 Å². The molecule has 0 bridgehead atoms. The number of hydrogen-bond donors (Lipinski definition) is 2. The van der Waals surface area contributed by atoms with Gasteiger partial charge in [0, 0.05) is 12.1 Å². The molecule has 1 atom stereocenters. The number of amides is 1. The van der Waals surface area contributed by atoms with Gasteiger partial charge in [-0.2, -0.15) is 0 Å². The molecule has 0 fully saturated rings. The van der Waals surface area contributed by atoms with E-state index in [0.29, 0.717) is 6.42 Å². The van der Waals surface area contributed by atoms with E-state index in [-0.39, 0.29) is 30.3 Å². The molecule has 0 saturated carbocycles. The van der Waals surface area contributed by atoms with Gasteiger partial charge >= 0.3 is 6.36 Å². The van der Waals surface area contributed by atoms with E-state index >= 15 is 0 Å². The Labute approximate surface area is 133 Å². The fraction of sp³-hybridized carbons (Fsp3) is 0.500. The highest BCUT2D eigenvalue weighted by atomic mass is 35.5. The van der Waals surface area contributed by atoms with Crippen LogP contribution in [0, 0.1) is 0 Å². The van der Waals surface area contributed by atoms with Crippen molar-refractivity contribution in [2.45, 2.75) is 45.1 Å². The number of nitrogens with two attached hydrogens (primary N) is 1. The maximum absolute atomic E-state index is 12.3. The number of rotatable bonds is 6. The second-order valence-electron chi connectivity index (χ2n) is 5.01. The summed E-state index contributed by atoms with van der Waals surface area (Å²) in [6.45, 7) is 3.40. The van der Waals surface area contributed by atoms with Crippen LogP contribution in [-0.2, 0) is 11.3 Å². The van der Waals surface area contributed by atoms with Crippen LogP contribution in [0.5, 0.6) is 5.75 Å². The van der Waals surface area contributed by atoms with Crippen LogP contribution in [0.4, 0.5) is 13.2 Å². The van der Waals surface area contributed by atoms with Crippen LogP contribution in [-0.4, -0.2) is 17.8 Å². The Hall–Kier alpha value is -1.47. The van der Waals surface area contributed by atoms with E-state index in [2.05, 4.69) is 10.1 Å². The van der Waals surface area contributed by atoms with Crippen LogP contribution in [0.1, 0.15) is 32.3 Å². The molecule has 0 aliphatic heterocycles. The van der Waals surface area contributed by atoms with Crippen LogP contribution in [0.2, 0.25) is 0 Å². The Kier molecular flexibility index (Phi) is 7.69. The molecule has 0 spiro atoms. The van der Waals surface area contributed by atoms with Crippen molar-refractivity contribution >= 4 is 18.3 Å². The Bertz CT molecular complexity index is 493. The first-order valence-electron chi connectivity index (χ1n) is 6.56. The molecule has 0 aliphatic rings. The van der Waals surface area contributed by atoms with E-state index in [4.69, 9.17) is 5.73 Å². The van der Waals surface area contributed by atoms with Crippen molar-refractivity contribution in [3.8, 4) is 5.75 Å². The highest BCUT2D eigenvalue weighted by molar-refractivity contribution is 5.85. The molecule has 0 aliphatic carbocycles. The third kappa shape index (κ3) is 6.53. The number of benzene rings is 1. The molecule has 3 N–H and O–H groups in total. The lowest BCUT2D eigenvalue weighted by atomic mass is 9.96. The molecule has 0 radical (unpaired) electrons. The zero-order valence-corrected chi connectivity index (χ0v) is 13.2. The van der Waals surface area contributed by atoms with Gasteiger partial charge in [0.1, 0.15) is 5.75 Å². The maximum atomic E-state index is 12.3. The van der Waals surface area contributed by atoms with Crippen molar-refractivity contribution in [3.05, 3.63) is 29.8 Å². The number of halogens is 4. The minimum absolute atomic E-state index is 0. The fourth-order valence-electron chi connectivity index (χ4n) is 1.88. The minimum atomic E-state index is -4.77. The summed E-state index contributed by atoms with van der Waals surface area (Å²) in [5, 5.41) is 2.54. The summed E-state index contributed by atoms with van der Waals surface area (Å²) in [5.41, 5.74) is 5.04. The number of alkyl halides is 3. The van der Waals surface area contributed by atoms with Gasteiger partial charge in [0.2, 0.25) is 5.91 Å². The number of carbonyl (C=O) groups is 1. The van der Waals surface area contributed by atoms with Crippen molar-refractivity contribution in [2.75, 3.05) is 0 Å². The molecule has 126 valence electrons. The van der Waals surface area contributed by atoms with E-state index in [1.165, 1.54) is 18.2 Å². The van der Waals surface area contributed by atoms with Gasteiger partial charge in [-0.1, -0.05) is 31.5 Å². The smallest absolute Gasteiger partial charge is 0.405 e. The number of ether oxygens (including phenoxy) is 1. The first-order chi connectivity index (χ1) is 9.65. The predicted molar refractivity (Wildman–Crippen MR) is 79.7 cm³/mol. The minimum Gasteiger partial charge on any atom is -0.405 e. The van der Waals surface area contributed by atoms with Gasteiger partial charge in [0.25, 0.3) is 0 Å². The number of para-hydroxylation sites is 1. The van der Waals surface area contributed by atoms with Crippen molar-refractivity contribution < 1.29 is 22.7 Å². The Morgan fingerprint density at radius 3 is 2.45 bits per heavy atom. The lowest BCUT2D eigenvalue weighted by molar-refractivity contribution is -0.274. The highest BCUT2D eigenvalue weighted by Crippen LogP contribution is 2.26. The molecule has 0 aromatic heterocycles. The molecular formula is C14H20ClF3N2O2. The molecular weight excluding hydrogens is 321 g/mol. The molecule has 8 heteroatoms. The maximum Gasteiger partial charge on any atom is 0.573 e. The fourth-order valence-corrected chi connectivity index (χ4v) is 1.88. The van der Waals surface area contributed by atoms with E-state index < -0.39 is 17.8 Å². The zero-order valence-electron chi connectivity index (χ0n) is 12.4. The Balaban J connectivity index is 0.00000441. The average molecular weight is 341 g/mol. The van der Waals surface area contributed by atoms with Crippen LogP contribution >= 0.6 is 12.4 Å². The van der Waals surface area contributed by atoms with Gasteiger partial charge in [-0.05, 0) is 19.4 Å². The van der Waals surface area contributed by atoms with E-state index in [9.17, 15) is 18.0 Å². The topological polar surface area (TPSA) is 64.4 Å². The third-order valence-electron chi connectivity index (χ3n) is 2.93. The highest BCUT2D eigenvalue weighted by Gasteiger charge is 2.32. The average Bonchev–Trinajstić information content (AvgIpc) is 2.35. The van der Waals surface area contributed by atoms with Crippen LogP contribution < -0.4 is 15.8 Å². The quantitative estimate of drug-likeness (QED) is 0.836. The summed E-state index contributed by atoms with van der Waals surface area (Å²) in [5.74, 6) is -0.745. The standard InChI is InChI=1S/C14H19F3N2O2.ClH/c1-3-8-13(2,18)12(20)19-9-10-6-4-5-7-11(10)21-14(15,16)17;/h4-7H,3,8-9,18H2,1-2H3,(H,19,20);1H. The largest absolute Gasteiger partial charge is 0.573 e. The van der Waals surface area contributed by atoms with Crippen molar-refractivity contribution in [3.63, 3.8) is 0 Å². The summed E-state index contributed by atoms with van der Waals surface area (Å²) in [6.07, 6.45) is -3.56. The first kappa shape index (κ1) is 20.5. The SMILES string of the molecule is CCCC(C)(N)C(=O)NCc1ccccc1OC(F)(F)F.Cl. The van der Waals surface area contributed by atoms with Crippen molar-refractivity contribution in [1.82, 2.24) is 5.32 Å². The first-order valence-corrected chi connectivity index (χ1v) is 6.56. The number of carbonyl (C=O) groups excluding carboxylic acids is 1. The summed E-state index contributed by atoms with van der Waals surface area (Å²) in [7, 11) is 0. The van der Waals surface area contributed by atoms with Crippen LogP contribution in [0.15, 0.2) is 24.3 Å². The monoisotopic (exact) mass is 340 g/mol. The van der Waals surface area contributed by atoms with Gasteiger partial charge < -0.3 is 15.8 Å². The predicted octanol–water partition coefficient (Wildman–Crippen LogP) is 3.14. The Morgan fingerprint density at radius 2 is 1.91 bits per heavy atom. The Morgan fingerprint density at radius 1 is 1.32 bits per heavy atom. The molecule has 1 aromatic carbocycles. The lowest BCUT2D eigenvalue weighted by Crippen LogP contribution is -2.51. The summed E-state index contributed by atoms with van der Waals surface area (Å²) in [6, 6.07) is 5.65. The van der Waals surface area contributed by atoms with Crippen molar-refractivity contribution in [1.29, 1.82) is 0 Å². The second kappa shape index (κ2) is 8.24. The molecule has 0 heterocycles. The number of nitrogens with one attached hydrogen (secondary N) is 1. The summed E-state index contributed by atoms with van der Waals surface area (Å²) < 4.78 is 40.8. The molecule has 22 heavy (non-hydrogen) atoms. The van der Waals surface area contributed by atoms with Gasteiger partial charge in [0.05, 0.1) is 5.54 Å². The molecule has 1 rings (SSSR count). The third-order valence-corrected chi connectivity index (χ3v) is 2.93. The van der Waals surface area contributed by atoms with Crippen LogP contribution in [0.25, 0.3) is 0 Å². The molecule has 1 aromatic rings. The summed E-state index contributed by atoms with van der Waals surface area (Å²) >= 11 is 0. The molecule has 0 saturated heterocycles. The zero-order chi connectivity index (χ0) is 16.1. The van der Waals surface area contributed by atoms with E-state index in [1.807, 2.05) is 6.92 Å². The molecule has 1 unspecified atom stereocenters.